The normalized spacial score (nSPS) is 30.7. The highest BCUT2D eigenvalue weighted by Crippen LogP contribution is 2.52. The minimum atomic E-state index is -0.743. The molecule has 3 amide bonds. The highest BCUT2D eigenvalue weighted by atomic mass is 16.5. The maximum absolute atomic E-state index is 13.1. The van der Waals surface area contributed by atoms with E-state index in [0.717, 1.165) is 0 Å². The molecule has 0 saturated carbocycles. The summed E-state index contributed by atoms with van der Waals surface area (Å²) in [5.41, 5.74) is -0.0950. The Morgan fingerprint density at radius 2 is 2.30 bits per heavy atom. The number of nitrogens with one attached hydrogen (secondary N) is 1. The molecule has 4 atom stereocenters. The van der Waals surface area contributed by atoms with Crippen molar-refractivity contribution in [2.75, 3.05) is 26.7 Å². The van der Waals surface area contributed by atoms with E-state index in [2.05, 4.69) is 10.5 Å². The fraction of sp³-hybridized carbons (Fsp3) is 0.556. The SMILES string of the molecule is CC(=O)NCCN1C[C@]23C=C[C@H](O2)[C@@H](C(=O)N(C)Cc2ccon2)[C@@H]3C1=O. The van der Waals surface area contributed by atoms with Crippen LogP contribution in [0.4, 0.5) is 0 Å². The van der Waals surface area contributed by atoms with Gasteiger partial charge in [-0.3, -0.25) is 14.4 Å². The number of hydrogen-bond donors (Lipinski definition) is 1. The zero-order chi connectivity index (χ0) is 19.2. The van der Waals surface area contributed by atoms with Crippen molar-refractivity contribution in [3.63, 3.8) is 0 Å². The van der Waals surface area contributed by atoms with Crippen molar-refractivity contribution >= 4 is 17.7 Å². The molecule has 4 heterocycles. The second-order valence-corrected chi connectivity index (χ2v) is 7.33. The quantitative estimate of drug-likeness (QED) is 0.677. The van der Waals surface area contributed by atoms with E-state index in [1.807, 2.05) is 12.2 Å². The Balaban J connectivity index is 1.48. The first-order chi connectivity index (χ1) is 12.9. The lowest BCUT2D eigenvalue weighted by Gasteiger charge is -2.27. The van der Waals surface area contributed by atoms with Crippen molar-refractivity contribution in [3.05, 3.63) is 30.2 Å². The largest absolute Gasteiger partial charge is 0.364 e. The summed E-state index contributed by atoms with van der Waals surface area (Å²) in [7, 11) is 1.69. The maximum atomic E-state index is 13.1. The van der Waals surface area contributed by atoms with Gasteiger partial charge in [0.25, 0.3) is 0 Å². The van der Waals surface area contributed by atoms with Crippen LogP contribution in [0.2, 0.25) is 0 Å². The fourth-order valence-electron chi connectivity index (χ4n) is 4.31. The van der Waals surface area contributed by atoms with Gasteiger partial charge in [-0.05, 0) is 0 Å². The zero-order valence-electron chi connectivity index (χ0n) is 15.3. The Hall–Kier alpha value is -2.68. The second-order valence-electron chi connectivity index (χ2n) is 7.33. The van der Waals surface area contributed by atoms with Gasteiger partial charge in [-0.2, -0.15) is 0 Å². The first-order valence-corrected chi connectivity index (χ1v) is 8.96. The Bertz CT molecular complexity index is 792. The van der Waals surface area contributed by atoms with Crippen molar-refractivity contribution in [3.8, 4) is 0 Å². The Morgan fingerprint density at radius 1 is 1.48 bits per heavy atom. The molecule has 1 aromatic heterocycles. The average Bonchev–Trinajstić information content (AvgIpc) is 3.37. The minimum Gasteiger partial charge on any atom is -0.364 e. The number of rotatable bonds is 6. The topological polar surface area (TPSA) is 105 Å². The van der Waals surface area contributed by atoms with E-state index < -0.39 is 17.4 Å². The number of amides is 3. The summed E-state index contributed by atoms with van der Waals surface area (Å²) in [6.45, 7) is 2.92. The lowest BCUT2D eigenvalue weighted by molar-refractivity contribution is -0.142. The van der Waals surface area contributed by atoms with Gasteiger partial charge < -0.3 is 24.4 Å². The van der Waals surface area contributed by atoms with Crippen LogP contribution in [0.25, 0.3) is 0 Å². The summed E-state index contributed by atoms with van der Waals surface area (Å²) in [6.07, 6.45) is 4.87. The Labute approximate surface area is 156 Å². The van der Waals surface area contributed by atoms with Crippen molar-refractivity contribution < 1.29 is 23.6 Å². The number of likely N-dealkylation sites (tertiary alicyclic amines) is 1. The highest BCUT2D eigenvalue weighted by Gasteiger charge is 2.66. The summed E-state index contributed by atoms with van der Waals surface area (Å²) >= 11 is 0. The van der Waals surface area contributed by atoms with Gasteiger partial charge in [0.05, 0.1) is 31.0 Å². The molecule has 3 aliphatic heterocycles. The van der Waals surface area contributed by atoms with E-state index in [1.165, 1.54) is 13.2 Å². The second kappa shape index (κ2) is 6.49. The van der Waals surface area contributed by atoms with Crippen LogP contribution in [0, 0.1) is 11.8 Å². The van der Waals surface area contributed by atoms with Crippen molar-refractivity contribution in [1.29, 1.82) is 0 Å². The van der Waals surface area contributed by atoms with Crippen LogP contribution >= 0.6 is 0 Å². The van der Waals surface area contributed by atoms with Gasteiger partial charge in [-0.25, -0.2) is 0 Å². The van der Waals surface area contributed by atoms with Gasteiger partial charge in [-0.1, -0.05) is 17.3 Å². The van der Waals surface area contributed by atoms with Crippen LogP contribution in [0.3, 0.4) is 0 Å². The number of fused-ring (bicyclic) bond motifs is 1. The van der Waals surface area contributed by atoms with Crippen molar-refractivity contribution in [2.24, 2.45) is 11.8 Å². The summed E-state index contributed by atoms with van der Waals surface area (Å²) in [5, 5.41) is 6.52. The third-order valence-corrected chi connectivity index (χ3v) is 5.49. The van der Waals surface area contributed by atoms with Gasteiger partial charge in [-0.15, -0.1) is 0 Å². The van der Waals surface area contributed by atoms with Gasteiger partial charge in [0.2, 0.25) is 17.7 Å². The first-order valence-electron chi connectivity index (χ1n) is 8.96. The third kappa shape index (κ3) is 2.91. The molecular weight excluding hydrogens is 352 g/mol. The molecule has 9 nitrogen and oxygen atoms in total. The molecule has 144 valence electrons. The molecule has 9 heteroatoms. The highest BCUT2D eigenvalue weighted by molar-refractivity contribution is 5.93. The predicted octanol–water partition coefficient (Wildman–Crippen LogP) is -0.449. The summed E-state index contributed by atoms with van der Waals surface area (Å²) in [4.78, 5) is 40.4. The molecule has 3 aliphatic rings. The molecule has 2 fully saturated rings. The van der Waals surface area contributed by atoms with Crippen LogP contribution in [0.5, 0.6) is 0 Å². The van der Waals surface area contributed by atoms with Crippen LogP contribution in [-0.4, -0.2) is 71.1 Å². The number of aromatic nitrogens is 1. The molecular formula is C18H22N4O5. The minimum absolute atomic E-state index is 0.0969. The third-order valence-electron chi connectivity index (χ3n) is 5.49. The molecule has 27 heavy (non-hydrogen) atoms. The number of ether oxygens (including phenoxy) is 1. The van der Waals surface area contributed by atoms with E-state index in [9.17, 15) is 14.4 Å². The van der Waals surface area contributed by atoms with Gasteiger partial charge >= 0.3 is 0 Å². The van der Waals surface area contributed by atoms with E-state index >= 15 is 0 Å². The number of nitrogens with zero attached hydrogens (tertiary/aromatic N) is 3. The number of carbonyl (C=O) groups is 3. The molecule has 1 spiro atoms. The molecule has 1 N–H and O–H groups in total. The van der Waals surface area contributed by atoms with Crippen LogP contribution in [0.15, 0.2) is 29.0 Å². The van der Waals surface area contributed by atoms with Crippen LogP contribution in [0.1, 0.15) is 12.6 Å². The molecule has 0 aromatic carbocycles. The zero-order valence-corrected chi connectivity index (χ0v) is 15.3. The smallest absolute Gasteiger partial charge is 0.230 e. The molecule has 0 unspecified atom stereocenters. The molecule has 4 rings (SSSR count). The number of carbonyl (C=O) groups excluding carboxylic acids is 3. The van der Waals surface area contributed by atoms with E-state index in [-0.39, 0.29) is 23.8 Å². The Morgan fingerprint density at radius 3 is 3.00 bits per heavy atom. The van der Waals surface area contributed by atoms with Crippen molar-refractivity contribution in [1.82, 2.24) is 20.3 Å². The molecule has 0 radical (unpaired) electrons. The van der Waals surface area contributed by atoms with Crippen molar-refractivity contribution in [2.45, 2.75) is 25.2 Å². The van der Waals surface area contributed by atoms with Gasteiger partial charge in [0.15, 0.2) is 0 Å². The fourth-order valence-corrected chi connectivity index (χ4v) is 4.31. The van der Waals surface area contributed by atoms with Crippen LogP contribution < -0.4 is 5.32 Å². The molecule has 0 aliphatic carbocycles. The Kier molecular flexibility index (Phi) is 4.26. The van der Waals surface area contributed by atoms with Gasteiger partial charge in [0, 0.05) is 33.1 Å². The summed E-state index contributed by atoms with van der Waals surface area (Å²) < 4.78 is 10.9. The summed E-state index contributed by atoms with van der Waals surface area (Å²) in [6, 6.07) is 1.70. The monoisotopic (exact) mass is 374 g/mol. The van der Waals surface area contributed by atoms with E-state index in [0.29, 0.717) is 31.9 Å². The summed E-state index contributed by atoms with van der Waals surface area (Å²) in [5.74, 6) is -1.46. The average molecular weight is 374 g/mol. The molecule has 2 bridgehead atoms. The first kappa shape index (κ1) is 17.7. The van der Waals surface area contributed by atoms with E-state index in [4.69, 9.17) is 9.26 Å². The standard InChI is InChI=1S/C18H22N4O5/c1-11(23)19-6-7-22-10-18-5-3-13(27-18)14(15(18)17(22)25)16(24)21(2)9-12-4-8-26-20-12/h3-5,8,13-15H,6-7,9-10H2,1-2H3,(H,19,23)/t13-,14+,15+,18-/m0/s1. The predicted molar refractivity (Wildman–Crippen MR) is 92.0 cm³/mol. The lowest BCUT2D eigenvalue weighted by atomic mass is 9.76. The maximum Gasteiger partial charge on any atom is 0.230 e. The van der Waals surface area contributed by atoms with E-state index in [1.54, 1.807) is 22.9 Å². The lowest BCUT2D eigenvalue weighted by Crippen LogP contribution is -2.44. The van der Waals surface area contributed by atoms with Gasteiger partial charge in [0.1, 0.15) is 17.6 Å². The number of hydrogen-bond acceptors (Lipinski definition) is 6. The molecule has 2 saturated heterocycles. The molecule has 1 aromatic rings. The van der Waals surface area contributed by atoms with Crippen LogP contribution in [-0.2, 0) is 25.7 Å².